The second-order valence-corrected chi connectivity index (χ2v) is 5.31. The van der Waals surface area contributed by atoms with Gasteiger partial charge in [0.1, 0.15) is 12.6 Å². The number of hydrogen-bond acceptors (Lipinski definition) is 3. The average molecular weight is 268 g/mol. The molecule has 3 nitrogen and oxygen atoms in total. The highest BCUT2D eigenvalue weighted by atomic mass is 35.5. The molecule has 0 aromatic heterocycles. The van der Waals surface area contributed by atoms with Crippen molar-refractivity contribution in [1.82, 2.24) is 5.32 Å². The monoisotopic (exact) mass is 267 g/mol. The number of piperidine rings is 1. The largest absolute Gasteiger partial charge is 0.460 e. The molecule has 1 aromatic rings. The van der Waals surface area contributed by atoms with E-state index in [9.17, 15) is 4.79 Å². The smallest absolute Gasteiger partial charge is 0.323 e. The normalized spacial score (nSPS) is 23.7. The summed E-state index contributed by atoms with van der Waals surface area (Å²) < 4.78 is 5.31. The van der Waals surface area contributed by atoms with E-state index in [0.717, 1.165) is 24.9 Å². The fourth-order valence-corrected chi connectivity index (χ4v) is 2.25. The summed E-state index contributed by atoms with van der Waals surface area (Å²) >= 11 is 5.79. The first-order valence-electron chi connectivity index (χ1n) is 6.29. The van der Waals surface area contributed by atoms with Crippen LogP contribution in [0.2, 0.25) is 5.02 Å². The standard InChI is InChI=1S/C14H18ClNO2/c1-10-6-7-16-13(8-10)14(17)18-9-11-2-4-12(15)5-3-11/h2-5,10,13,16H,6-9H2,1H3. The Labute approximate surface area is 112 Å². The molecule has 0 aliphatic carbocycles. The van der Waals surface area contributed by atoms with Crippen molar-refractivity contribution in [3.63, 3.8) is 0 Å². The Morgan fingerprint density at radius 1 is 1.44 bits per heavy atom. The van der Waals surface area contributed by atoms with E-state index in [1.54, 1.807) is 12.1 Å². The Hall–Kier alpha value is -1.06. The summed E-state index contributed by atoms with van der Waals surface area (Å²) in [7, 11) is 0. The summed E-state index contributed by atoms with van der Waals surface area (Å²) in [5.41, 5.74) is 0.955. The van der Waals surface area contributed by atoms with Crippen molar-refractivity contribution in [2.45, 2.75) is 32.4 Å². The minimum Gasteiger partial charge on any atom is -0.460 e. The third-order valence-corrected chi connectivity index (χ3v) is 3.50. The summed E-state index contributed by atoms with van der Waals surface area (Å²) in [6.07, 6.45) is 1.99. The molecular formula is C14H18ClNO2. The molecule has 1 aliphatic rings. The Morgan fingerprint density at radius 2 is 2.17 bits per heavy atom. The van der Waals surface area contributed by atoms with E-state index in [-0.39, 0.29) is 12.0 Å². The molecule has 0 radical (unpaired) electrons. The fourth-order valence-electron chi connectivity index (χ4n) is 2.12. The molecule has 0 amide bonds. The van der Waals surface area contributed by atoms with Crippen LogP contribution in [0.25, 0.3) is 0 Å². The van der Waals surface area contributed by atoms with Gasteiger partial charge < -0.3 is 10.1 Å². The Kier molecular flexibility index (Phi) is 4.61. The van der Waals surface area contributed by atoms with Crippen LogP contribution >= 0.6 is 11.6 Å². The van der Waals surface area contributed by atoms with Crippen molar-refractivity contribution in [3.05, 3.63) is 34.9 Å². The van der Waals surface area contributed by atoms with Gasteiger partial charge in [-0.15, -0.1) is 0 Å². The van der Waals surface area contributed by atoms with E-state index in [1.807, 2.05) is 12.1 Å². The van der Waals surface area contributed by atoms with E-state index >= 15 is 0 Å². The highest BCUT2D eigenvalue weighted by molar-refractivity contribution is 6.30. The van der Waals surface area contributed by atoms with Gasteiger partial charge in [-0.3, -0.25) is 4.79 Å². The zero-order chi connectivity index (χ0) is 13.0. The van der Waals surface area contributed by atoms with E-state index < -0.39 is 0 Å². The molecule has 1 fully saturated rings. The lowest BCUT2D eigenvalue weighted by Crippen LogP contribution is -2.43. The summed E-state index contributed by atoms with van der Waals surface area (Å²) in [5, 5.41) is 3.89. The molecule has 2 rings (SSSR count). The lowest BCUT2D eigenvalue weighted by atomic mass is 9.94. The van der Waals surface area contributed by atoms with Gasteiger partial charge in [-0.25, -0.2) is 0 Å². The van der Waals surface area contributed by atoms with Crippen molar-refractivity contribution in [2.24, 2.45) is 5.92 Å². The van der Waals surface area contributed by atoms with Crippen LogP contribution < -0.4 is 5.32 Å². The number of hydrogen-bond donors (Lipinski definition) is 1. The molecule has 0 saturated carbocycles. The second-order valence-electron chi connectivity index (χ2n) is 4.87. The van der Waals surface area contributed by atoms with Crippen LogP contribution in [0.5, 0.6) is 0 Å². The number of nitrogens with one attached hydrogen (secondary N) is 1. The number of carbonyl (C=O) groups excluding carboxylic acids is 1. The van der Waals surface area contributed by atoms with Gasteiger partial charge in [-0.1, -0.05) is 30.7 Å². The molecule has 1 saturated heterocycles. The van der Waals surface area contributed by atoms with Crippen LogP contribution in [-0.4, -0.2) is 18.6 Å². The SMILES string of the molecule is CC1CCNC(C(=O)OCc2ccc(Cl)cc2)C1. The zero-order valence-corrected chi connectivity index (χ0v) is 11.2. The summed E-state index contributed by atoms with van der Waals surface area (Å²) in [4.78, 5) is 11.9. The maximum absolute atomic E-state index is 11.9. The van der Waals surface area contributed by atoms with Crippen molar-refractivity contribution in [2.75, 3.05) is 6.54 Å². The number of halogens is 1. The maximum Gasteiger partial charge on any atom is 0.323 e. The van der Waals surface area contributed by atoms with Crippen LogP contribution in [-0.2, 0) is 16.1 Å². The lowest BCUT2D eigenvalue weighted by Gasteiger charge is -2.26. The second kappa shape index (κ2) is 6.21. The third-order valence-electron chi connectivity index (χ3n) is 3.24. The number of rotatable bonds is 3. The van der Waals surface area contributed by atoms with E-state index in [2.05, 4.69) is 12.2 Å². The van der Waals surface area contributed by atoms with Crippen molar-refractivity contribution in [3.8, 4) is 0 Å². The van der Waals surface area contributed by atoms with Crippen molar-refractivity contribution >= 4 is 17.6 Å². The zero-order valence-electron chi connectivity index (χ0n) is 10.5. The molecule has 2 atom stereocenters. The molecule has 1 aromatic carbocycles. The molecule has 0 bridgehead atoms. The topological polar surface area (TPSA) is 38.3 Å². The molecule has 2 unspecified atom stereocenters. The van der Waals surface area contributed by atoms with Crippen LogP contribution in [0.1, 0.15) is 25.3 Å². The van der Waals surface area contributed by atoms with Crippen LogP contribution in [0.3, 0.4) is 0 Å². The molecule has 1 N–H and O–H groups in total. The molecule has 1 heterocycles. The minimum absolute atomic E-state index is 0.152. The van der Waals surface area contributed by atoms with Crippen molar-refractivity contribution in [1.29, 1.82) is 0 Å². The minimum atomic E-state index is -0.156. The van der Waals surface area contributed by atoms with E-state index in [0.29, 0.717) is 17.5 Å². The number of carbonyl (C=O) groups is 1. The maximum atomic E-state index is 11.9. The molecule has 0 spiro atoms. The quantitative estimate of drug-likeness (QED) is 0.856. The number of esters is 1. The van der Waals surface area contributed by atoms with E-state index in [1.165, 1.54) is 0 Å². The van der Waals surface area contributed by atoms with Crippen molar-refractivity contribution < 1.29 is 9.53 Å². The molecule has 4 heteroatoms. The summed E-state index contributed by atoms with van der Waals surface area (Å²) in [5.74, 6) is 0.427. The molecular weight excluding hydrogens is 250 g/mol. The van der Waals surface area contributed by atoms with Gasteiger partial charge in [0.05, 0.1) is 0 Å². The van der Waals surface area contributed by atoms with E-state index in [4.69, 9.17) is 16.3 Å². The summed E-state index contributed by atoms with van der Waals surface area (Å²) in [6, 6.07) is 7.18. The number of ether oxygens (including phenoxy) is 1. The van der Waals surface area contributed by atoms with Crippen LogP contribution in [0, 0.1) is 5.92 Å². The Bertz CT molecular complexity index is 405. The van der Waals surface area contributed by atoms with Crippen LogP contribution in [0.15, 0.2) is 24.3 Å². The molecule has 1 aliphatic heterocycles. The average Bonchev–Trinajstić information content (AvgIpc) is 2.38. The third kappa shape index (κ3) is 3.72. The highest BCUT2D eigenvalue weighted by Crippen LogP contribution is 2.16. The van der Waals surface area contributed by atoms with Crippen LogP contribution in [0.4, 0.5) is 0 Å². The first kappa shape index (κ1) is 13.4. The predicted molar refractivity (Wildman–Crippen MR) is 71.4 cm³/mol. The van der Waals surface area contributed by atoms with Gasteiger partial charge in [0.15, 0.2) is 0 Å². The Morgan fingerprint density at radius 3 is 2.83 bits per heavy atom. The molecule has 98 valence electrons. The van der Waals surface area contributed by atoms with Gasteiger partial charge in [-0.05, 0) is 43.0 Å². The first-order valence-corrected chi connectivity index (χ1v) is 6.67. The van der Waals surface area contributed by atoms with Gasteiger partial charge in [0, 0.05) is 5.02 Å². The molecule has 18 heavy (non-hydrogen) atoms. The first-order chi connectivity index (χ1) is 8.65. The number of benzene rings is 1. The summed E-state index contributed by atoms with van der Waals surface area (Å²) in [6.45, 7) is 3.37. The predicted octanol–water partition coefficient (Wildman–Crippen LogP) is 2.77. The highest BCUT2D eigenvalue weighted by Gasteiger charge is 2.25. The van der Waals surface area contributed by atoms with Gasteiger partial charge in [0.25, 0.3) is 0 Å². The van der Waals surface area contributed by atoms with Gasteiger partial charge >= 0.3 is 5.97 Å². The van der Waals surface area contributed by atoms with Gasteiger partial charge in [-0.2, -0.15) is 0 Å². The lowest BCUT2D eigenvalue weighted by molar-refractivity contribution is -0.148. The Balaban J connectivity index is 1.82. The van der Waals surface area contributed by atoms with Gasteiger partial charge in [0.2, 0.25) is 0 Å². The fraction of sp³-hybridized carbons (Fsp3) is 0.500.